The molecule has 0 bridgehead atoms. The summed E-state index contributed by atoms with van der Waals surface area (Å²) in [5.41, 5.74) is -0.991. The third-order valence-electron chi connectivity index (χ3n) is 3.54. The minimum absolute atomic E-state index is 0.143. The molecule has 5 nitrogen and oxygen atoms in total. The van der Waals surface area contributed by atoms with Gasteiger partial charge in [-0.15, -0.1) is 0 Å². The molecule has 2 rings (SSSR count). The van der Waals surface area contributed by atoms with Gasteiger partial charge in [0.2, 0.25) is 0 Å². The van der Waals surface area contributed by atoms with Crippen molar-refractivity contribution in [1.29, 1.82) is 0 Å². The van der Waals surface area contributed by atoms with E-state index in [9.17, 15) is 21.6 Å². The van der Waals surface area contributed by atoms with Crippen LogP contribution in [0.3, 0.4) is 0 Å². The molecule has 11 heteroatoms. The first-order valence-corrected chi connectivity index (χ1v) is 13.1. The highest BCUT2D eigenvalue weighted by Gasteiger charge is 2.38. The Balaban J connectivity index is 2.49. The summed E-state index contributed by atoms with van der Waals surface area (Å²) >= 11 is 3.01. The molecule has 26 heavy (non-hydrogen) atoms. The van der Waals surface area contributed by atoms with Crippen molar-refractivity contribution < 1.29 is 26.3 Å². The molecule has 1 aromatic heterocycles. The molecule has 0 aliphatic heterocycles. The largest absolute Gasteiger partial charge is 0.435 e. The second kappa shape index (κ2) is 7.33. The van der Waals surface area contributed by atoms with Crippen LogP contribution < -0.4 is 0 Å². The van der Waals surface area contributed by atoms with Crippen LogP contribution in [0.4, 0.5) is 13.2 Å². The van der Waals surface area contributed by atoms with Crippen molar-refractivity contribution in [3.05, 3.63) is 22.3 Å². The number of fused-ring (bicyclic) bond motifs is 1. The molecular weight excluding hydrogens is 457 g/mol. The number of alkyl halides is 3. The molecule has 1 aromatic carbocycles. The number of halogens is 4. The van der Waals surface area contributed by atoms with E-state index in [0.29, 0.717) is 6.61 Å². The Morgan fingerprint density at radius 1 is 1.19 bits per heavy atom. The number of benzene rings is 1. The molecule has 0 fully saturated rings. The van der Waals surface area contributed by atoms with Crippen LogP contribution in [0.5, 0.6) is 0 Å². The van der Waals surface area contributed by atoms with Gasteiger partial charge in [0, 0.05) is 21.9 Å². The van der Waals surface area contributed by atoms with Crippen LogP contribution in [-0.4, -0.2) is 55.6 Å². The molecule has 1 heterocycles. The Bertz CT molecular complexity index is 919. The van der Waals surface area contributed by atoms with Gasteiger partial charge in [-0.2, -0.15) is 18.3 Å². The van der Waals surface area contributed by atoms with E-state index in [0.717, 1.165) is 16.7 Å². The standard InChI is InChI=1S/C15H20BrF3N2O3S2/c1-25(2,3)8-7-24-9-21-10-5-6-11(26(4,22)23)13(16)12(10)14(20-21)15(17,18)19/h5-6H,7-9H2,1-4H3. The van der Waals surface area contributed by atoms with Gasteiger partial charge in [0.1, 0.15) is 6.73 Å². The number of nitrogens with zero attached hydrogens (tertiary/aromatic N) is 2. The van der Waals surface area contributed by atoms with Crippen LogP contribution in [-0.2, 0) is 27.5 Å². The SMILES string of the molecule is CS(C)(C)CCOCn1nc(C(F)(F)F)c2c(Br)c(S(C)(=O)=O)ccc21. The molecule has 0 unspecified atom stereocenters. The van der Waals surface area contributed by atoms with Crippen LogP contribution in [0.1, 0.15) is 5.69 Å². The van der Waals surface area contributed by atoms with Crippen molar-refractivity contribution >= 4 is 46.7 Å². The summed E-state index contributed by atoms with van der Waals surface area (Å²) in [6.07, 6.45) is 2.56. The highest BCUT2D eigenvalue weighted by molar-refractivity contribution is 9.10. The Labute approximate surface area is 160 Å². The van der Waals surface area contributed by atoms with Crippen molar-refractivity contribution in [2.75, 3.05) is 37.4 Å². The highest BCUT2D eigenvalue weighted by atomic mass is 79.9. The lowest BCUT2D eigenvalue weighted by atomic mass is 10.2. The first kappa shape index (κ1) is 21.5. The van der Waals surface area contributed by atoms with E-state index < -0.39 is 31.7 Å². The first-order valence-electron chi connectivity index (χ1n) is 7.42. The molecule has 0 N–H and O–H groups in total. The fourth-order valence-electron chi connectivity index (χ4n) is 2.25. The van der Waals surface area contributed by atoms with Gasteiger partial charge in [-0.1, -0.05) is 0 Å². The quantitative estimate of drug-likeness (QED) is 0.593. The van der Waals surface area contributed by atoms with E-state index in [-0.39, 0.29) is 27.0 Å². The summed E-state index contributed by atoms with van der Waals surface area (Å²) in [5, 5.41) is 3.34. The van der Waals surface area contributed by atoms with E-state index in [1.165, 1.54) is 12.1 Å². The lowest BCUT2D eigenvalue weighted by Crippen LogP contribution is -2.12. The number of hydrogen-bond acceptors (Lipinski definition) is 4. The molecule has 0 aliphatic rings. The fraction of sp³-hybridized carbons (Fsp3) is 0.533. The number of rotatable bonds is 6. The molecular formula is C15H20BrF3N2O3S2. The molecule has 0 saturated carbocycles. The maximum atomic E-state index is 13.4. The summed E-state index contributed by atoms with van der Waals surface area (Å²) in [4.78, 5) is -0.215. The highest BCUT2D eigenvalue weighted by Crippen LogP contribution is 2.40. The van der Waals surface area contributed by atoms with Gasteiger partial charge in [0.15, 0.2) is 15.5 Å². The van der Waals surface area contributed by atoms with Crippen LogP contribution in [0.15, 0.2) is 21.5 Å². The fourth-order valence-corrected chi connectivity index (χ4v) is 5.02. The van der Waals surface area contributed by atoms with Gasteiger partial charge < -0.3 is 4.74 Å². The number of ether oxygens (including phenoxy) is 1. The zero-order valence-electron chi connectivity index (χ0n) is 14.7. The lowest BCUT2D eigenvalue weighted by Gasteiger charge is -2.24. The zero-order valence-corrected chi connectivity index (χ0v) is 17.9. The topological polar surface area (TPSA) is 61.2 Å². The minimum Gasteiger partial charge on any atom is -0.358 e. The minimum atomic E-state index is -4.72. The second-order valence-corrected chi connectivity index (χ2v) is 14.1. The number of sulfone groups is 1. The molecule has 2 aromatic rings. The first-order chi connectivity index (χ1) is 11.7. The average Bonchev–Trinajstić information content (AvgIpc) is 2.81. The number of aromatic nitrogens is 2. The van der Waals surface area contributed by atoms with E-state index in [2.05, 4.69) is 39.8 Å². The lowest BCUT2D eigenvalue weighted by molar-refractivity contribution is -0.140. The zero-order chi connectivity index (χ0) is 19.9. The monoisotopic (exact) mass is 476 g/mol. The summed E-state index contributed by atoms with van der Waals surface area (Å²) in [6.45, 7) is 0.261. The van der Waals surface area contributed by atoms with Crippen LogP contribution in [0.2, 0.25) is 0 Å². The summed E-state index contributed by atoms with van der Waals surface area (Å²) < 4.78 is 70.3. The van der Waals surface area contributed by atoms with Gasteiger partial charge in [-0.05, 0) is 46.8 Å². The molecule has 0 aliphatic carbocycles. The van der Waals surface area contributed by atoms with Crippen LogP contribution in [0, 0.1) is 0 Å². The smallest absolute Gasteiger partial charge is 0.358 e. The van der Waals surface area contributed by atoms with Gasteiger partial charge in [-0.3, -0.25) is 0 Å². The van der Waals surface area contributed by atoms with Gasteiger partial charge in [0.05, 0.1) is 17.0 Å². The van der Waals surface area contributed by atoms with Crippen LogP contribution in [0.25, 0.3) is 10.9 Å². The molecule has 0 saturated heterocycles. The predicted molar refractivity (Wildman–Crippen MR) is 102 cm³/mol. The van der Waals surface area contributed by atoms with Gasteiger partial charge in [0.25, 0.3) is 0 Å². The Hall–Kier alpha value is -0.780. The Morgan fingerprint density at radius 3 is 2.31 bits per heavy atom. The second-order valence-electron chi connectivity index (χ2n) is 6.72. The third-order valence-corrected chi connectivity index (χ3v) is 7.16. The molecule has 148 valence electrons. The maximum absolute atomic E-state index is 13.4. The average molecular weight is 477 g/mol. The van der Waals surface area contributed by atoms with E-state index in [1.54, 1.807) is 0 Å². The van der Waals surface area contributed by atoms with E-state index in [1.807, 2.05) is 0 Å². The van der Waals surface area contributed by atoms with Gasteiger partial charge in [-0.25, -0.2) is 23.1 Å². The molecule has 0 spiro atoms. The van der Waals surface area contributed by atoms with E-state index >= 15 is 0 Å². The van der Waals surface area contributed by atoms with Crippen molar-refractivity contribution in [1.82, 2.24) is 9.78 Å². The molecule has 0 amide bonds. The summed E-state index contributed by atoms with van der Waals surface area (Å²) in [5.74, 6) is 0.820. The van der Waals surface area contributed by atoms with Crippen molar-refractivity contribution in [3.8, 4) is 0 Å². The number of hydrogen-bond donors (Lipinski definition) is 0. The summed E-state index contributed by atoms with van der Waals surface area (Å²) in [6, 6.07) is 2.58. The predicted octanol–water partition coefficient (Wildman–Crippen LogP) is 3.89. The van der Waals surface area contributed by atoms with Crippen LogP contribution >= 0.6 is 26.0 Å². The summed E-state index contributed by atoms with van der Waals surface area (Å²) in [7, 11) is -4.47. The molecule has 0 atom stereocenters. The van der Waals surface area contributed by atoms with Crippen molar-refractivity contribution in [2.45, 2.75) is 17.8 Å². The van der Waals surface area contributed by atoms with Crippen molar-refractivity contribution in [2.24, 2.45) is 0 Å². The Morgan fingerprint density at radius 2 is 1.81 bits per heavy atom. The maximum Gasteiger partial charge on any atom is 0.435 e. The van der Waals surface area contributed by atoms with Gasteiger partial charge >= 0.3 is 6.18 Å². The van der Waals surface area contributed by atoms with E-state index in [4.69, 9.17) is 4.74 Å². The van der Waals surface area contributed by atoms with Crippen molar-refractivity contribution in [3.63, 3.8) is 0 Å². The Kier molecular flexibility index (Phi) is 6.06. The molecule has 0 radical (unpaired) electrons. The normalized spacial score (nSPS) is 14.2. The third kappa shape index (κ3) is 4.93.